The zero-order chi connectivity index (χ0) is 8.97. The molecule has 0 aliphatic heterocycles. The molecule has 0 bridgehead atoms. The normalized spacial score (nSPS) is 15.9. The molecule has 1 aromatic rings. The summed E-state index contributed by atoms with van der Waals surface area (Å²) in [6.07, 6.45) is 1.49. The van der Waals surface area contributed by atoms with E-state index in [1.807, 2.05) is 12.3 Å². The fourth-order valence-electron chi connectivity index (χ4n) is 0.883. The summed E-state index contributed by atoms with van der Waals surface area (Å²) in [5.41, 5.74) is 0. The molecular formula is C8H14N2OS. The second kappa shape index (κ2) is 4.54. The van der Waals surface area contributed by atoms with Gasteiger partial charge in [-0.3, -0.25) is 0 Å². The minimum atomic E-state index is -0.299. The zero-order valence-electron chi connectivity index (χ0n) is 7.32. The van der Waals surface area contributed by atoms with Crippen LogP contribution in [0.15, 0.2) is 11.6 Å². The molecule has 0 amide bonds. The van der Waals surface area contributed by atoms with Crippen LogP contribution in [0.2, 0.25) is 0 Å². The lowest BCUT2D eigenvalue weighted by atomic mass is 10.3. The fourth-order valence-corrected chi connectivity index (χ4v) is 1.55. The van der Waals surface area contributed by atoms with Gasteiger partial charge in [0.1, 0.15) is 5.01 Å². The molecule has 4 heteroatoms. The average molecular weight is 186 g/mol. The summed E-state index contributed by atoms with van der Waals surface area (Å²) in [5.74, 6) is 0. The van der Waals surface area contributed by atoms with Crippen LogP contribution in [0.4, 0.5) is 0 Å². The number of aliphatic hydroxyl groups excluding tert-OH is 1. The van der Waals surface area contributed by atoms with Gasteiger partial charge in [0.25, 0.3) is 0 Å². The molecule has 0 saturated carbocycles. The third kappa shape index (κ3) is 2.89. The van der Waals surface area contributed by atoms with Crippen LogP contribution in [0, 0.1) is 0 Å². The molecule has 3 nitrogen and oxygen atoms in total. The lowest BCUT2D eigenvalue weighted by Crippen LogP contribution is -2.26. The number of rotatable bonds is 4. The van der Waals surface area contributed by atoms with Crippen molar-refractivity contribution in [3.8, 4) is 0 Å². The number of nitrogens with zero attached hydrogens (tertiary/aromatic N) is 1. The molecule has 1 aromatic heterocycles. The molecule has 68 valence electrons. The van der Waals surface area contributed by atoms with E-state index in [2.05, 4.69) is 10.3 Å². The van der Waals surface area contributed by atoms with Crippen molar-refractivity contribution in [2.24, 2.45) is 0 Å². The number of aromatic nitrogens is 1. The van der Waals surface area contributed by atoms with Gasteiger partial charge in [0, 0.05) is 18.1 Å². The second-order valence-electron chi connectivity index (χ2n) is 2.85. The Balaban J connectivity index is 2.34. The third-order valence-corrected chi connectivity index (χ3v) is 2.50. The molecule has 0 saturated heterocycles. The smallest absolute Gasteiger partial charge is 0.109 e. The van der Waals surface area contributed by atoms with Crippen molar-refractivity contribution in [3.05, 3.63) is 16.6 Å². The Morgan fingerprint density at radius 1 is 1.67 bits per heavy atom. The summed E-state index contributed by atoms with van der Waals surface area (Å²) in [5, 5.41) is 15.2. The minimum Gasteiger partial charge on any atom is -0.392 e. The molecule has 0 fully saturated rings. The molecule has 1 heterocycles. The van der Waals surface area contributed by atoms with Crippen LogP contribution in [0.25, 0.3) is 0 Å². The van der Waals surface area contributed by atoms with E-state index in [-0.39, 0.29) is 12.1 Å². The largest absolute Gasteiger partial charge is 0.392 e. The number of thiazole rings is 1. The SMILES string of the molecule is CC(O)CNC(C)c1nccs1. The topological polar surface area (TPSA) is 45.1 Å². The number of hydrogen-bond donors (Lipinski definition) is 2. The van der Waals surface area contributed by atoms with Crippen LogP contribution in [0.1, 0.15) is 24.9 Å². The summed E-state index contributed by atoms with van der Waals surface area (Å²) < 4.78 is 0. The van der Waals surface area contributed by atoms with Crippen LogP contribution in [-0.2, 0) is 0 Å². The molecule has 2 atom stereocenters. The van der Waals surface area contributed by atoms with Crippen LogP contribution in [-0.4, -0.2) is 22.7 Å². The van der Waals surface area contributed by atoms with Gasteiger partial charge in [-0.25, -0.2) is 4.98 Å². The first-order valence-corrected chi connectivity index (χ1v) is 4.89. The highest BCUT2D eigenvalue weighted by molar-refractivity contribution is 7.09. The summed E-state index contributed by atoms with van der Waals surface area (Å²) in [6, 6.07) is 0.236. The van der Waals surface area contributed by atoms with Crippen molar-refractivity contribution in [2.75, 3.05) is 6.54 Å². The van der Waals surface area contributed by atoms with E-state index in [1.54, 1.807) is 24.5 Å². The third-order valence-electron chi connectivity index (χ3n) is 1.54. The van der Waals surface area contributed by atoms with Gasteiger partial charge in [0.05, 0.1) is 12.1 Å². The van der Waals surface area contributed by atoms with E-state index in [0.29, 0.717) is 6.54 Å². The van der Waals surface area contributed by atoms with E-state index >= 15 is 0 Å². The molecular weight excluding hydrogens is 172 g/mol. The quantitative estimate of drug-likeness (QED) is 0.742. The highest BCUT2D eigenvalue weighted by Crippen LogP contribution is 2.13. The van der Waals surface area contributed by atoms with E-state index in [1.165, 1.54) is 0 Å². The molecule has 0 spiro atoms. The number of aliphatic hydroxyl groups is 1. The van der Waals surface area contributed by atoms with E-state index < -0.39 is 0 Å². The van der Waals surface area contributed by atoms with Crippen molar-refractivity contribution < 1.29 is 5.11 Å². The maximum absolute atomic E-state index is 9.02. The Hall–Kier alpha value is -0.450. The van der Waals surface area contributed by atoms with E-state index in [4.69, 9.17) is 5.11 Å². The van der Waals surface area contributed by atoms with Gasteiger partial charge in [-0.05, 0) is 13.8 Å². The minimum absolute atomic E-state index is 0.236. The highest BCUT2D eigenvalue weighted by atomic mass is 32.1. The molecule has 2 unspecified atom stereocenters. The van der Waals surface area contributed by atoms with Crippen LogP contribution >= 0.6 is 11.3 Å². The molecule has 0 aliphatic rings. The van der Waals surface area contributed by atoms with E-state index in [9.17, 15) is 0 Å². The van der Waals surface area contributed by atoms with Gasteiger partial charge in [0.15, 0.2) is 0 Å². The predicted octanol–water partition coefficient (Wildman–Crippen LogP) is 1.17. The Morgan fingerprint density at radius 3 is 2.92 bits per heavy atom. The van der Waals surface area contributed by atoms with Crippen molar-refractivity contribution in [1.29, 1.82) is 0 Å². The maximum Gasteiger partial charge on any atom is 0.109 e. The van der Waals surface area contributed by atoms with Crippen LogP contribution in [0.3, 0.4) is 0 Å². The van der Waals surface area contributed by atoms with Gasteiger partial charge in [-0.15, -0.1) is 11.3 Å². The first kappa shape index (κ1) is 9.64. The predicted molar refractivity (Wildman–Crippen MR) is 50.2 cm³/mol. The molecule has 12 heavy (non-hydrogen) atoms. The molecule has 0 aromatic carbocycles. The summed E-state index contributed by atoms with van der Waals surface area (Å²) in [7, 11) is 0. The Morgan fingerprint density at radius 2 is 2.42 bits per heavy atom. The molecule has 1 rings (SSSR count). The van der Waals surface area contributed by atoms with Crippen LogP contribution in [0.5, 0.6) is 0 Å². The summed E-state index contributed by atoms with van der Waals surface area (Å²) in [6.45, 7) is 4.42. The van der Waals surface area contributed by atoms with Crippen molar-refractivity contribution in [1.82, 2.24) is 10.3 Å². The maximum atomic E-state index is 9.02. The van der Waals surface area contributed by atoms with E-state index in [0.717, 1.165) is 5.01 Å². The average Bonchev–Trinajstić information content (AvgIpc) is 2.51. The molecule has 2 N–H and O–H groups in total. The Kier molecular flexibility index (Phi) is 3.65. The monoisotopic (exact) mass is 186 g/mol. The Bertz CT molecular complexity index is 211. The Labute approximate surface area is 76.5 Å². The lowest BCUT2D eigenvalue weighted by Gasteiger charge is -2.11. The second-order valence-corrected chi connectivity index (χ2v) is 3.78. The van der Waals surface area contributed by atoms with Gasteiger partial charge >= 0.3 is 0 Å². The van der Waals surface area contributed by atoms with Gasteiger partial charge in [-0.2, -0.15) is 0 Å². The standard InChI is InChI=1S/C8H14N2OS/c1-6(11)5-10-7(2)8-9-3-4-12-8/h3-4,6-7,10-11H,5H2,1-2H3. The number of nitrogens with one attached hydrogen (secondary N) is 1. The lowest BCUT2D eigenvalue weighted by molar-refractivity contribution is 0.187. The van der Waals surface area contributed by atoms with Gasteiger partial charge < -0.3 is 10.4 Å². The van der Waals surface area contributed by atoms with Crippen molar-refractivity contribution >= 4 is 11.3 Å². The highest BCUT2D eigenvalue weighted by Gasteiger charge is 2.07. The van der Waals surface area contributed by atoms with Gasteiger partial charge in [-0.1, -0.05) is 0 Å². The van der Waals surface area contributed by atoms with Crippen molar-refractivity contribution in [2.45, 2.75) is 26.0 Å². The first-order chi connectivity index (χ1) is 5.70. The fraction of sp³-hybridized carbons (Fsp3) is 0.625. The first-order valence-electron chi connectivity index (χ1n) is 4.01. The summed E-state index contributed by atoms with van der Waals surface area (Å²) >= 11 is 1.63. The molecule has 0 aliphatic carbocycles. The van der Waals surface area contributed by atoms with Gasteiger partial charge in [0.2, 0.25) is 0 Å². The van der Waals surface area contributed by atoms with Crippen LogP contribution < -0.4 is 5.32 Å². The summed E-state index contributed by atoms with van der Waals surface area (Å²) in [4.78, 5) is 4.17. The molecule has 0 radical (unpaired) electrons. The zero-order valence-corrected chi connectivity index (χ0v) is 8.14. The number of hydrogen-bond acceptors (Lipinski definition) is 4. The van der Waals surface area contributed by atoms with Crippen molar-refractivity contribution in [3.63, 3.8) is 0 Å².